The van der Waals surface area contributed by atoms with E-state index in [0.717, 1.165) is 38.5 Å². The maximum absolute atomic E-state index is 12.6. The smallest absolute Gasteiger partial charge is 0.152 e. The average Bonchev–Trinajstić information content (AvgIpc) is 2.72. The summed E-state index contributed by atoms with van der Waals surface area (Å²) in [7, 11) is 0. The van der Waals surface area contributed by atoms with Crippen LogP contribution < -0.4 is 0 Å². The van der Waals surface area contributed by atoms with Crippen LogP contribution in [-0.4, -0.2) is 21.8 Å². The number of aliphatic hydroxyl groups excluding tert-OH is 1. The largest absolute Gasteiger partial charge is 0.393 e. The molecular formula is C19H27BrO2. The number of Topliss-reactive ketones (excluding diaryl/α,β-unsaturated/α-hetero) is 1. The fraction of sp³-hybridized carbons (Fsp3) is 0.842. The van der Waals surface area contributed by atoms with Gasteiger partial charge in [-0.3, -0.25) is 4.79 Å². The average molecular weight is 367 g/mol. The molecule has 0 amide bonds. The van der Waals surface area contributed by atoms with Gasteiger partial charge in [0, 0.05) is 5.41 Å². The van der Waals surface area contributed by atoms with Crippen molar-refractivity contribution in [1.82, 2.24) is 0 Å². The number of allylic oxidation sites excluding steroid dienone is 1. The van der Waals surface area contributed by atoms with Gasteiger partial charge < -0.3 is 5.11 Å². The molecule has 0 spiro atoms. The van der Waals surface area contributed by atoms with Gasteiger partial charge in [0.15, 0.2) is 5.78 Å². The van der Waals surface area contributed by atoms with Gasteiger partial charge in [0.05, 0.1) is 10.9 Å². The Bertz CT molecular complexity index is 542. The van der Waals surface area contributed by atoms with E-state index in [2.05, 4.69) is 35.9 Å². The Hall–Kier alpha value is -0.150. The molecular weight excluding hydrogens is 340 g/mol. The molecule has 3 fully saturated rings. The van der Waals surface area contributed by atoms with Gasteiger partial charge in [-0.25, -0.2) is 0 Å². The van der Waals surface area contributed by atoms with E-state index in [1.54, 1.807) is 0 Å². The maximum atomic E-state index is 12.6. The summed E-state index contributed by atoms with van der Waals surface area (Å²) >= 11 is 3.64. The Labute approximate surface area is 141 Å². The number of rotatable bonds is 0. The van der Waals surface area contributed by atoms with Gasteiger partial charge in [0.1, 0.15) is 0 Å². The molecule has 0 heterocycles. The second kappa shape index (κ2) is 4.92. The van der Waals surface area contributed by atoms with Crippen LogP contribution in [0.5, 0.6) is 0 Å². The third-order valence-corrected chi connectivity index (χ3v) is 8.57. The molecule has 0 radical (unpaired) electrons. The standard InChI is InChI=1S/C19H27BrO2/c1-18-7-5-12(21)9-11(18)3-4-13-14(18)6-8-19(2)15(13)10-16(20)17(19)22/h3,12-16,21H,4-10H2,1-2H3/t12-,13?,14?,15?,16-,18?,19?/m1/s1. The molecule has 0 bridgehead atoms. The van der Waals surface area contributed by atoms with Crippen molar-refractivity contribution in [3.8, 4) is 0 Å². The highest BCUT2D eigenvalue weighted by atomic mass is 79.9. The molecule has 2 nitrogen and oxygen atoms in total. The van der Waals surface area contributed by atoms with Crippen LogP contribution in [0.1, 0.15) is 58.8 Å². The van der Waals surface area contributed by atoms with Crippen LogP contribution in [0.2, 0.25) is 0 Å². The molecule has 1 N–H and O–H groups in total. The molecule has 0 aromatic carbocycles. The summed E-state index contributed by atoms with van der Waals surface area (Å²) < 4.78 is 0. The van der Waals surface area contributed by atoms with Gasteiger partial charge in [-0.15, -0.1) is 0 Å². The SMILES string of the molecule is CC12CCC3C(CC=C4C[C@H](O)CCC43C)C1C[C@@H](Br)C2=O. The minimum atomic E-state index is -0.135. The molecule has 3 saturated carbocycles. The highest BCUT2D eigenvalue weighted by Gasteiger charge is 2.60. The van der Waals surface area contributed by atoms with E-state index >= 15 is 0 Å². The fourth-order valence-electron chi connectivity index (χ4n) is 6.39. The normalized spacial score (nSPS) is 54.3. The molecule has 7 atom stereocenters. The zero-order chi connectivity index (χ0) is 15.7. The summed E-state index contributed by atoms with van der Waals surface area (Å²) in [6, 6.07) is 0. The summed E-state index contributed by atoms with van der Waals surface area (Å²) in [5, 5.41) is 10.0. The third kappa shape index (κ3) is 1.90. The van der Waals surface area contributed by atoms with Gasteiger partial charge in [0.2, 0.25) is 0 Å². The van der Waals surface area contributed by atoms with E-state index in [4.69, 9.17) is 0 Å². The highest BCUT2D eigenvalue weighted by molar-refractivity contribution is 9.10. The number of alkyl halides is 1. The van der Waals surface area contributed by atoms with Gasteiger partial charge in [-0.05, 0) is 68.1 Å². The maximum Gasteiger partial charge on any atom is 0.152 e. The quantitative estimate of drug-likeness (QED) is 0.513. The summed E-state index contributed by atoms with van der Waals surface area (Å²) in [6.07, 6.45) is 9.63. The van der Waals surface area contributed by atoms with Crippen LogP contribution in [0.25, 0.3) is 0 Å². The van der Waals surface area contributed by atoms with Crippen molar-refractivity contribution in [2.24, 2.45) is 28.6 Å². The minimum Gasteiger partial charge on any atom is -0.393 e. The number of hydrogen-bond donors (Lipinski definition) is 1. The first kappa shape index (κ1) is 15.4. The minimum absolute atomic E-state index is 0.0765. The first-order valence-electron chi connectivity index (χ1n) is 8.92. The molecule has 0 aromatic rings. The number of carbonyl (C=O) groups excluding carboxylic acids is 1. The number of halogens is 1. The molecule has 0 aromatic heterocycles. The van der Waals surface area contributed by atoms with Crippen molar-refractivity contribution in [3.63, 3.8) is 0 Å². The number of aliphatic hydroxyl groups is 1. The number of fused-ring (bicyclic) bond motifs is 5. The zero-order valence-corrected chi connectivity index (χ0v) is 15.2. The van der Waals surface area contributed by atoms with Crippen LogP contribution in [0.3, 0.4) is 0 Å². The predicted octanol–water partition coefficient (Wildman–Crippen LogP) is 4.25. The molecule has 22 heavy (non-hydrogen) atoms. The van der Waals surface area contributed by atoms with Gasteiger partial charge >= 0.3 is 0 Å². The molecule has 0 aliphatic heterocycles. The molecule has 3 heteroatoms. The second-order valence-electron chi connectivity index (χ2n) is 8.68. The van der Waals surface area contributed by atoms with Crippen LogP contribution >= 0.6 is 15.9 Å². The predicted molar refractivity (Wildman–Crippen MR) is 90.8 cm³/mol. The summed E-state index contributed by atoms with van der Waals surface area (Å²) in [5.74, 6) is 2.37. The Morgan fingerprint density at radius 1 is 1.18 bits per heavy atom. The van der Waals surface area contributed by atoms with Crippen molar-refractivity contribution >= 4 is 21.7 Å². The summed E-state index contributed by atoms with van der Waals surface area (Å²) in [5.41, 5.74) is 1.69. The number of carbonyl (C=O) groups is 1. The Kier molecular flexibility index (Phi) is 3.44. The van der Waals surface area contributed by atoms with E-state index in [9.17, 15) is 9.90 Å². The van der Waals surface area contributed by atoms with Crippen LogP contribution in [-0.2, 0) is 4.79 Å². The molecule has 0 saturated heterocycles. The van der Waals surface area contributed by atoms with Crippen molar-refractivity contribution in [1.29, 1.82) is 0 Å². The Morgan fingerprint density at radius 2 is 1.91 bits per heavy atom. The molecule has 5 unspecified atom stereocenters. The van der Waals surface area contributed by atoms with E-state index in [1.165, 1.54) is 12.0 Å². The fourth-order valence-corrected chi connectivity index (χ4v) is 7.32. The monoisotopic (exact) mass is 366 g/mol. The zero-order valence-electron chi connectivity index (χ0n) is 13.6. The van der Waals surface area contributed by atoms with Gasteiger partial charge in [-0.1, -0.05) is 41.4 Å². The van der Waals surface area contributed by atoms with Crippen molar-refractivity contribution in [2.75, 3.05) is 0 Å². The van der Waals surface area contributed by atoms with E-state index in [-0.39, 0.29) is 21.8 Å². The number of hydrogen-bond acceptors (Lipinski definition) is 2. The second-order valence-corrected chi connectivity index (χ2v) is 9.78. The first-order valence-corrected chi connectivity index (χ1v) is 9.84. The topological polar surface area (TPSA) is 37.3 Å². The lowest BCUT2D eigenvalue weighted by molar-refractivity contribution is -0.131. The first-order chi connectivity index (χ1) is 10.4. The highest BCUT2D eigenvalue weighted by Crippen LogP contribution is 2.64. The van der Waals surface area contributed by atoms with Crippen LogP contribution in [0.15, 0.2) is 11.6 Å². The lowest BCUT2D eigenvalue weighted by atomic mass is 9.48. The van der Waals surface area contributed by atoms with E-state index < -0.39 is 0 Å². The summed E-state index contributed by atoms with van der Waals surface area (Å²) in [4.78, 5) is 12.7. The molecule has 122 valence electrons. The van der Waals surface area contributed by atoms with E-state index in [0.29, 0.717) is 23.5 Å². The molecule has 4 aliphatic rings. The van der Waals surface area contributed by atoms with Crippen molar-refractivity contribution in [3.05, 3.63) is 11.6 Å². The summed E-state index contributed by atoms with van der Waals surface area (Å²) in [6.45, 7) is 4.66. The van der Waals surface area contributed by atoms with E-state index in [1.807, 2.05) is 0 Å². The molecule has 4 rings (SSSR count). The van der Waals surface area contributed by atoms with Crippen LogP contribution in [0.4, 0.5) is 0 Å². The molecule has 4 aliphatic carbocycles. The van der Waals surface area contributed by atoms with Gasteiger partial charge in [-0.2, -0.15) is 0 Å². The number of ketones is 1. The third-order valence-electron chi connectivity index (χ3n) is 7.78. The lowest BCUT2D eigenvalue weighted by Gasteiger charge is -2.56. The Balaban J connectivity index is 1.70. The Morgan fingerprint density at radius 3 is 2.68 bits per heavy atom. The lowest BCUT2D eigenvalue weighted by Crippen LogP contribution is -2.50. The van der Waals surface area contributed by atoms with Crippen molar-refractivity contribution in [2.45, 2.75) is 69.7 Å². The van der Waals surface area contributed by atoms with Crippen LogP contribution in [0, 0.1) is 28.6 Å². The van der Waals surface area contributed by atoms with Gasteiger partial charge in [0.25, 0.3) is 0 Å². The van der Waals surface area contributed by atoms with Crippen molar-refractivity contribution < 1.29 is 9.90 Å².